The number of nitrogens with zero attached hydrogens (tertiary/aromatic N) is 2. The largest absolute Gasteiger partial charge is 0.461 e. The monoisotopic (exact) mass is 389 g/mol. The van der Waals surface area contributed by atoms with Gasteiger partial charge in [-0.05, 0) is 31.9 Å². The van der Waals surface area contributed by atoms with E-state index in [0.29, 0.717) is 25.4 Å². The molecule has 0 spiro atoms. The van der Waals surface area contributed by atoms with Gasteiger partial charge in [0.1, 0.15) is 5.01 Å². The summed E-state index contributed by atoms with van der Waals surface area (Å²) in [5.41, 5.74) is 2.11. The Morgan fingerprint density at radius 3 is 2.70 bits per heavy atom. The molecule has 0 aliphatic heterocycles. The van der Waals surface area contributed by atoms with Crippen LogP contribution in [-0.4, -0.2) is 35.0 Å². The van der Waals surface area contributed by atoms with Gasteiger partial charge < -0.3 is 15.0 Å². The predicted molar refractivity (Wildman–Crippen MR) is 108 cm³/mol. The first-order valence-electron chi connectivity index (χ1n) is 9.28. The Bertz CT molecular complexity index is 760. The fourth-order valence-corrected chi connectivity index (χ4v) is 3.34. The molecule has 0 bridgehead atoms. The average Bonchev–Trinajstić information content (AvgIpc) is 3.12. The average molecular weight is 390 g/mol. The van der Waals surface area contributed by atoms with Gasteiger partial charge in [0.15, 0.2) is 5.69 Å². The summed E-state index contributed by atoms with van der Waals surface area (Å²) in [6.45, 7) is 7.17. The first-order chi connectivity index (χ1) is 13.0. The summed E-state index contributed by atoms with van der Waals surface area (Å²) in [7, 11) is 0. The van der Waals surface area contributed by atoms with Gasteiger partial charge in [0.2, 0.25) is 0 Å². The highest BCUT2D eigenvalue weighted by atomic mass is 32.1. The number of aryl methyl sites for hydroxylation is 1. The number of amides is 2. The van der Waals surface area contributed by atoms with Gasteiger partial charge in [-0.1, -0.05) is 38.0 Å². The van der Waals surface area contributed by atoms with Gasteiger partial charge in [-0.25, -0.2) is 14.6 Å². The number of urea groups is 1. The molecule has 146 valence electrons. The fraction of sp³-hybridized carbons (Fsp3) is 0.450. The van der Waals surface area contributed by atoms with E-state index in [1.54, 1.807) is 17.2 Å². The zero-order valence-electron chi connectivity index (χ0n) is 16.2. The van der Waals surface area contributed by atoms with Crippen LogP contribution < -0.4 is 5.32 Å². The number of para-hydroxylation sites is 1. The third-order valence-corrected chi connectivity index (χ3v) is 4.90. The first-order valence-corrected chi connectivity index (χ1v) is 10.2. The number of carbonyl (C=O) groups is 2. The summed E-state index contributed by atoms with van der Waals surface area (Å²) in [5.74, 6) is -0.429. The van der Waals surface area contributed by atoms with E-state index < -0.39 is 5.97 Å². The third-order valence-electron chi connectivity index (χ3n) is 4.07. The zero-order chi connectivity index (χ0) is 19.6. The molecule has 7 heteroatoms. The predicted octanol–water partition coefficient (Wildman–Crippen LogP) is 4.85. The van der Waals surface area contributed by atoms with E-state index in [9.17, 15) is 9.59 Å². The molecule has 2 amide bonds. The van der Waals surface area contributed by atoms with Crippen LogP contribution in [0.1, 0.15) is 54.2 Å². The molecule has 1 heterocycles. The van der Waals surface area contributed by atoms with Crippen LogP contribution in [0, 0.1) is 6.92 Å². The maximum absolute atomic E-state index is 12.8. The Morgan fingerprint density at radius 2 is 2.00 bits per heavy atom. The quantitative estimate of drug-likeness (QED) is 0.491. The maximum Gasteiger partial charge on any atom is 0.357 e. The van der Waals surface area contributed by atoms with Crippen molar-refractivity contribution in [3.05, 3.63) is 45.9 Å². The highest BCUT2D eigenvalue weighted by molar-refractivity contribution is 7.09. The summed E-state index contributed by atoms with van der Waals surface area (Å²) >= 11 is 1.36. The highest BCUT2D eigenvalue weighted by Crippen LogP contribution is 2.17. The van der Waals surface area contributed by atoms with Crippen LogP contribution in [0.25, 0.3) is 0 Å². The van der Waals surface area contributed by atoms with E-state index in [-0.39, 0.29) is 6.03 Å². The van der Waals surface area contributed by atoms with Crippen molar-refractivity contribution in [1.29, 1.82) is 0 Å². The Balaban J connectivity index is 2.08. The minimum absolute atomic E-state index is 0.159. The Hall–Kier alpha value is -2.41. The van der Waals surface area contributed by atoms with E-state index in [1.807, 2.05) is 31.2 Å². The van der Waals surface area contributed by atoms with E-state index in [4.69, 9.17) is 4.74 Å². The van der Waals surface area contributed by atoms with Gasteiger partial charge in [-0.3, -0.25) is 0 Å². The van der Waals surface area contributed by atoms with Crippen molar-refractivity contribution >= 4 is 29.0 Å². The van der Waals surface area contributed by atoms with Gasteiger partial charge in [-0.2, -0.15) is 0 Å². The van der Waals surface area contributed by atoms with E-state index in [2.05, 4.69) is 17.2 Å². The molecule has 0 aliphatic carbocycles. The number of hydrogen-bond donors (Lipinski definition) is 1. The normalized spacial score (nSPS) is 10.5. The molecule has 6 nitrogen and oxygen atoms in total. The topological polar surface area (TPSA) is 71.5 Å². The van der Waals surface area contributed by atoms with Crippen LogP contribution >= 0.6 is 11.3 Å². The Kier molecular flexibility index (Phi) is 8.26. The number of unbranched alkanes of at least 4 members (excludes halogenated alkanes) is 2. The molecule has 0 unspecified atom stereocenters. The van der Waals surface area contributed by atoms with Crippen LogP contribution in [0.15, 0.2) is 29.6 Å². The second-order valence-corrected chi connectivity index (χ2v) is 7.16. The first kappa shape index (κ1) is 20.9. The molecule has 0 radical (unpaired) electrons. The van der Waals surface area contributed by atoms with Crippen molar-refractivity contribution < 1.29 is 14.3 Å². The van der Waals surface area contributed by atoms with E-state index in [1.165, 1.54) is 11.3 Å². The number of esters is 1. The lowest BCUT2D eigenvalue weighted by Crippen LogP contribution is -2.35. The molecule has 1 N–H and O–H groups in total. The second kappa shape index (κ2) is 10.7. The van der Waals surface area contributed by atoms with E-state index >= 15 is 0 Å². The van der Waals surface area contributed by atoms with Crippen LogP contribution in [0.5, 0.6) is 0 Å². The Morgan fingerprint density at radius 1 is 1.22 bits per heavy atom. The zero-order valence-corrected chi connectivity index (χ0v) is 17.0. The van der Waals surface area contributed by atoms with Gasteiger partial charge in [-0.15, -0.1) is 11.3 Å². The summed E-state index contributed by atoms with van der Waals surface area (Å²) in [4.78, 5) is 30.7. The fourth-order valence-electron chi connectivity index (χ4n) is 2.56. The number of thiazole rings is 1. The number of hydrogen-bond acceptors (Lipinski definition) is 5. The van der Waals surface area contributed by atoms with Gasteiger partial charge in [0, 0.05) is 17.6 Å². The summed E-state index contributed by atoms with van der Waals surface area (Å²) in [6, 6.07) is 7.53. The molecule has 0 saturated carbocycles. The van der Waals surface area contributed by atoms with Crippen LogP contribution in [-0.2, 0) is 11.3 Å². The molecule has 1 aromatic carbocycles. The number of ether oxygens (including phenoxy) is 1. The maximum atomic E-state index is 12.8. The smallest absolute Gasteiger partial charge is 0.357 e. The molecule has 27 heavy (non-hydrogen) atoms. The minimum atomic E-state index is -0.429. The number of anilines is 1. The van der Waals surface area contributed by atoms with Crippen molar-refractivity contribution in [1.82, 2.24) is 9.88 Å². The van der Waals surface area contributed by atoms with Gasteiger partial charge in [0.25, 0.3) is 0 Å². The second-order valence-electron chi connectivity index (χ2n) is 6.22. The highest BCUT2D eigenvalue weighted by Gasteiger charge is 2.18. The Labute approximate surface area is 164 Å². The molecule has 2 rings (SSSR count). The SMILES string of the molecule is CCCCCN(Cc1nc(C(=O)OCC)cs1)C(=O)Nc1ccccc1C. The van der Waals surface area contributed by atoms with Crippen LogP contribution in [0.4, 0.5) is 10.5 Å². The summed E-state index contributed by atoms with van der Waals surface area (Å²) in [5, 5.41) is 5.37. The van der Waals surface area contributed by atoms with Crippen molar-refractivity contribution in [3.63, 3.8) is 0 Å². The van der Waals surface area contributed by atoms with Gasteiger partial charge in [0.05, 0.1) is 13.2 Å². The third kappa shape index (κ3) is 6.36. The van der Waals surface area contributed by atoms with Crippen molar-refractivity contribution in [3.8, 4) is 0 Å². The lowest BCUT2D eigenvalue weighted by molar-refractivity contribution is 0.0520. The number of benzene rings is 1. The molecule has 0 saturated heterocycles. The van der Waals surface area contributed by atoms with Crippen LogP contribution in [0.2, 0.25) is 0 Å². The van der Waals surface area contributed by atoms with E-state index in [0.717, 1.165) is 35.5 Å². The molecule has 0 fully saturated rings. The summed E-state index contributed by atoms with van der Waals surface area (Å²) in [6.07, 6.45) is 3.06. The lowest BCUT2D eigenvalue weighted by atomic mass is 10.2. The number of carbonyl (C=O) groups excluding carboxylic acids is 2. The molecular weight excluding hydrogens is 362 g/mol. The molecule has 1 aromatic heterocycles. The van der Waals surface area contributed by atoms with Crippen molar-refractivity contribution in [2.75, 3.05) is 18.5 Å². The minimum Gasteiger partial charge on any atom is -0.461 e. The number of aromatic nitrogens is 1. The van der Waals surface area contributed by atoms with Crippen LogP contribution in [0.3, 0.4) is 0 Å². The summed E-state index contributed by atoms with van der Waals surface area (Å²) < 4.78 is 4.98. The lowest BCUT2D eigenvalue weighted by Gasteiger charge is -2.22. The molecule has 2 aromatic rings. The number of nitrogens with one attached hydrogen (secondary N) is 1. The van der Waals surface area contributed by atoms with Crippen molar-refractivity contribution in [2.24, 2.45) is 0 Å². The van der Waals surface area contributed by atoms with Gasteiger partial charge >= 0.3 is 12.0 Å². The molecule has 0 aliphatic rings. The standard InChI is InChI=1S/C20H27N3O3S/c1-4-6-9-12-23(20(25)22-16-11-8-7-10-15(16)3)13-18-21-17(14-27-18)19(24)26-5-2/h7-8,10-11,14H,4-6,9,12-13H2,1-3H3,(H,22,25). The van der Waals surface area contributed by atoms with Crippen molar-refractivity contribution in [2.45, 2.75) is 46.6 Å². The molecular formula is C20H27N3O3S. The number of rotatable bonds is 9. The molecule has 0 atom stereocenters.